The summed E-state index contributed by atoms with van der Waals surface area (Å²) in [6, 6.07) is 9.10. The van der Waals surface area contributed by atoms with Crippen LogP contribution in [0.3, 0.4) is 0 Å². The molecule has 0 bridgehead atoms. The van der Waals surface area contributed by atoms with Crippen LogP contribution in [0, 0.1) is 11.7 Å². The standard InChI is InChI=1S/C23H31FN2O4/c1-5-29-23(28)18(4)25(13-17(2)3)16-22(27)26(15-21-7-6-12-30-21)14-19-8-10-20(24)11-9-19/h6-12,17-18H,5,13-16H2,1-4H3/t18-/m0/s1. The van der Waals surface area contributed by atoms with Gasteiger partial charge < -0.3 is 14.1 Å². The van der Waals surface area contributed by atoms with Crippen LogP contribution in [0.4, 0.5) is 4.39 Å². The second-order valence-corrected chi connectivity index (χ2v) is 7.71. The van der Waals surface area contributed by atoms with Gasteiger partial charge in [-0.25, -0.2) is 4.39 Å². The molecule has 0 saturated heterocycles. The maximum atomic E-state index is 13.3. The molecule has 0 spiro atoms. The summed E-state index contributed by atoms with van der Waals surface area (Å²) in [5, 5.41) is 0. The van der Waals surface area contributed by atoms with Gasteiger partial charge in [0.1, 0.15) is 17.6 Å². The molecular formula is C23H31FN2O4. The zero-order chi connectivity index (χ0) is 22.1. The molecule has 1 heterocycles. The van der Waals surface area contributed by atoms with Gasteiger partial charge in [0, 0.05) is 13.1 Å². The highest BCUT2D eigenvalue weighted by Gasteiger charge is 2.27. The minimum absolute atomic E-state index is 0.0695. The summed E-state index contributed by atoms with van der Waals surface area (Å²) >= 11 is 0. The lowest BCUT2D eigenvalue weighted by Gasteiger charge is -2.31. The Morgan fingerprint density at radius 3 is 2.37 bits per heavy atom. The number of esters is 1. The van der Waals surface area contributed by atoms with Crippen LogP contribution in [0.2, 0.25) is 0 Å². The first-order chi connectivity index (χ1) is 14.3. The fourth-order valence-corrected chi connectivity index (χ4v) is 3.15. The Hall–Kier alpha value is -2.67. The van der Waals surface area contributed by atoms with E-state index in [0.717, 1.165) is 5.56 Å². The lowest BCUT2D eigenvalue weighted by molar-refractivity contribution is -0.150. The largest absolute Gasteiger partial charge is 0.467 e. The molecule has 1 aromatic heterocycles. The molecule has 0 aliphatic heterocycles. The highest BCUT2D eigenvalue weighted by molar-refractivity contribution is 5.80. The summed E-state index contributed by atoms with van der Waals surface area (Å²) in [7, 11) is 0. The number of ether oxygens (including phenoxy) is 1. The smallest absolute Gasteiger partial charge is 0.323 e. The number of hydrogen-bond acceptors (Lipinski definition) is 5. The minimum atomic E-state index is -0.535. The van der Waals surface area contributed by atoms with Crippen LogP contribution in [0.1, 0.15) is 39.0 Å². The number of hydrogen-bond donors (Lipinski definition) is 0. The number of carbonyl (C=O) groups is 2. The Kier molecular flexibility index (Phi) is 9.05. The third kappa shape index (κ3) is 7.30. The highest BCUT2D eigenvalue weighted by Crippen LogP contribution is 2.14. The molecule has 6 nitrogen and oxygen atoms in total. The van der Waals surface area contributed by atoms with E-state index in [2.05, 4.69) is 0 Å². The molecular weight excluding hydrogens is 387 g/mol. The van der Waals surface area contributed by atoms with Crippen LogP contribution in [0.25, 0.3) is 0 Å². The van der Waals surface area contributed by atoms with Gasteiger partial charge in [0.05, 0.1) is 26.0 Å². The topological polar surface area (TPSA) is 63.0 Å². The van der Waals surface area contributed by atoms with Crippen molar-refractivity contribution in [3.8, 4) is 0 Å². The third-order valence-electron chi connectivity index (χ3n) is 4.68. The Balaban J connectivity index is 2.18. The Bertz CT molecular complexity index is 790. The van der Waals surface area contributed by atoms with E-state index < -0.39 is 6.04 Å². The van der Waals surface area contributed by atoms with E-state index in [0.29, 0.717) is 25.5 Å². The van der Waals surface area contributed by atoms with E-state index in [1.165, 1.54) is 12.1 Å². The second kappa shape index (κ2) is 11.5. The number of rotatable bonds is 11. The first-order valence-electron chi connectivity index (χ1n) is 10.3. The van der Waals surface area contributed by atoms with E-state index in [1.807, 2.05) is 18.7 Å². The van der Waals surface area contributed by atoms with Crippen molar-refractivity contribution < 1.29 is 23.1 Å². The van der Waals surface area contributed by atoms with Crippen LogP contribution in [-0.2, 0) is 27.4 Å². The molecule has 0 unspecified atom stereocenters. The predicted molar refractivity (Wildman–Crippen MR) is 112 cm³/mol. The van der Waals surface area contributed by atoms with E-state index in [4.69, 9.17) is 9.15 Å². The molecule has 2 aromatic rings. The first kappa shape index (κ1) is 23.6. The summed E-state index contributed by atoms with van der Waals surface area (Å²) in [5.74, 6) is 0.105. The van der Waals surface area contributed by atoms with E-state index in [-0.39, 0.29) is 36.7 Å². The average Bonchev–Trinajstić information content (AvgIpc) is 3.21. The predicted octanol–water partition coefficient (Wildman–Crippen LogP) is 3.86. The van der Waals surface area contributed by atoms with Gasteiger partial charge in [-0.1, -0.05) is 26.0 Å². The lowest BCUT2D eigenvalue weighted by Crippen LogP contribution is -2.48. The number of benzene rings is 1. The van der Waals surface area contributed by atoms with Crippen LogP contribution in [0.5, 0.6) is 0 Å². The van der Waals surface area contributed by atoms with Crippen molar-refractivity contribution in [3.63, 3.8) is 0 Å². The van der Waals surface area contributed by atoms with Gasteiger partial charge in [0.15, 0.2) is 0 Å². The fraction of sp³-hybridized carbons (Fsp3) is 0.478. The molecule has 0 fully saturated rings. The zero-order valence-electron chi connectivity index (χ0n) is 18.1. The second-order valence-electron chi connectivity index (χ2n) is 7.71. The molecule has 0 N–H and O–H groups in total. The summed E-state index contributed by atoms with van der Waals surface area (Å²) in [6.07, 6.45) is 1.56. The van der Waals surface area contributed by atoms with Crippen LogP contribution < -0.4 is 0 Å². The summed E-state index contributed by atoms with van der Waals surface area (Å²) in [4.78, 5) is 29.0. The minimum Gasteiger partial charge on any atom is -0.467 e. The molecule has 1 amide bonds. The van der Waals surface area contributed by atoms with Crippen LogP contribution in [0.15, 0.2) is 47.1 Å². The molecule has 0 saturated carbocycles. The van der Waals surface area contributed by atoms with Crippen molar-refractivity contribution >= 4 is 11.9 Å². The molecule has 2 rings (SSSR count). The van der Waals surface area contributed by atoms with Gasteiger partial charge >= 0.3 is 5.97 Å². The Morgan fingerprint density at radius 2 is 1.80 bits per heavy atom. The van der Waals surface area contributed by atoms with Crippen molar-refractivity contribution in [3.05, 3.63) is 59.8 Å². The normalized spacial score (nSPS) is 12.2. The van der Waals surface area contributed by atoms with Crippen molar-refractivity contribution in [2.45, 2.75) is 46.8 Å². The summed E-state index contributed by atoms with van der Waals surface area (Å²) in [5.41, 5.74) is 0.810. The highest BCUT2D eigenvalue weighted by atomic mass is 19.1. The van der Waals surface area contributed by atoms with E-state index >= 15 is 0 Å². The SMILES string of the molecule is CCOC(=O)[C@H](C)N(CC(=O)N(Cc1ccc(F)cc1)Cc1ccco1)CC(C)C. The third-order valence-corrected chi connectivity index (χ3v) is 4.68. The van der Waals surface area contributed by atoms with Crippen molar-refractivity contribution in [2.75, 3.05) is 19.7 Å². The number of halogens is 1. The number of nitrogens with zero attached hydrogens (tertiary/aromatic N) is 2. The number of carbonyl (C=O) groups excluding carboxylic acids is 2. The zero-order valence-corrected chi connectivity index (χ0v) is 18.1. The van der Waals surface area contributed by atoms with Gasteiger partial charge in [-0.3, -0.25) is 14.5 Å². The van der Waals surface area contributed by atoms with Gasteiger partial charge in [-0.05, 0) is 49.6 Å². The maximum Gasteiger partial charge on any atom is 0.323 e. The molecule has 7 heteroatoms. The van der Waals surface area contributed by atoms with Crippen LogP contribution >= 0.6 is 0 Å². The number of amides is 1. The number of furan rings is 1. The molecule has 30 heavy (non-hydrogen) atoms. The van der Waals surface area contributed by atoms with Gasteiger partial charge in [0.25, 0.3) is 0 Å². The van der Waals surface area contributed by atoms with E-state index in [9.17, 15) is 14.0 Å². The molecule has 0 aliphatic rings. The van der Waals surface area contributed by atoms with Crippen molar-refractivity contribution in [2.24, 2.45) is 5.92 Å². The molecule has 0 radical (unpaired) electrons. The fourth-order valence-electron chi connectivity index (χ4n) is 3.15. The Morgan fingerprint density at radius 1 is 1.10 bits per heavy atom. The lowest BCUT2D eigenvalue weighted by atomic mass is 10.1. The molecule has 1 aromatic carbocycles. The Labute approximate surface area is 177 Å². The molecule has 0 aliphatic carbocycles. The summed E-state index contributed by atoms with van der Waals surface area (Å²) < 4.78 is 23.8. The summed E-state index contributed by atoms with van der Waals surface area (Å²) in [6.45, 7) is 9.12. The van der Waals surface area contributed by atoms with E-state index in [1.54, 1.807) is 49.3 Å². The van der Waals surface area contributed by atoms with Crippen molar-refractivity contribution in [1.29, 1.82) is 0 Å². The quantitative estimate of drug-likeness (QED) is 0.519. The van der Waals surface area contributed by atoms with Crippen LogP contribution in [-0.4, -0.2) is 47.4 Å². The van der Waals surface area contributed by atoms with Crippen molar-refractivity contribution in [1.82, 2.24) is 9.80 Å². The molecule has 164 valence electrons. The monoisotopic (exact) mass is 418 g/mol. The van der Waals surface area contributed by atoms with Gasteiger partial charge in [0.2, 0.25) is 5.91 Å². The average molecular weight is 419 g/mol. The van der Waals surface area contributed by atoms with Gasteiger partial charge in [-0.2, -0.15) is 0 Å². The molecule has 1 atom stereocenters. The maximum absolute atomic E-state index is 13.3. The van der Waals surface area contributed by atoms with Gasteiger partial charge in [-0.15, -0.1) is 0 Å². The first-order valence-corrected chi connectivity index (χ1v) is 10.3.